The van der Waals surface area contributed by atoms with E-state index < -0.39 is 13.0 Å². The maximum atomic E-state index is 13.9. The van der Waals surface area contributed by atoms with Crippen LogP contribution in [-0.4, -0.2) is 53.1 Å². The highest BCUT2D eigenvalue weighted by Crippen LogP contribution is 2.37. The van der Waals surface area contributed by atoms with Gasteiger partial charge < -0.3 is 9.47 Å². The number of alkyl halides is 2. The topological polar surface area (TPSA) is 72.7 Å². The van der Waals surface area contributed by atoms with Gasteiger partial charge in [-0.15, -0.1) is 0 Å². The van der Waals surface area contributed by atoms with Gasteiger partial charge in [0.15, 0.2) is 6.61 Å². The predicted octanol–water partition coefficient (Wildman–Crippen LogP) is 4.52. The van der Waals surface area contributed by atoms with Gasteiger partial charge in [0.05, 0.1) is 18.2 Å². The molecule has 1 fully saturated rings. The molecular formula is C24H27F2N5O3. The molecule has 0 saturated heterocycles. The molecule has 1 aliphatic carbocycles. The van der Waals surface area contributed by atoms with Crippen molar-refractivity contribution >= 4 is 28.4 Å². The monoisotopic (exact) mass is 471 g/mol. The number of urea groups is 1. The third-order valence-electron chi connectivity index (χ3n) is 6.54. The molecule has 2 aliphatic rings. The second-order valence-corrected chi connectivity index (χ2v) is 8.79. The molecule has 1 saturated carbocycles. The van der Waals surface area contributed by atoms with Crippen LogP contribution in [-0.2, 0) is 18.3 Å². The molecule has 3 heterocycles. The Labute approximate surface area is 196 Å². The smallest absolute Gasteiger partial charge is 0.330 e. The highest BCUT2D eigenvalue weighted by molar-refractivity contribution is 6.06. The van der Waals surface area contributed by atoms with E-state index in [4.69, 9.17) is 9.47 Å². The average molecular weight is 472 g/mol. The Hall–Kier alpha value is -3.27. The number of anilines is 2. The van der Waals surface area contributed by atoms with Crippen molar-refractivity contribution in [3.63, 3.8) is 0 Å². The Bertz CT molecular complexity index is 1190. The molecule has 0 bridgehead atoms. The number of halogens is 2. The Morgan fingerprint density at radius 1 is 1.15 bits per heavy atom. The fourth-order valence-electron chi connectivity index (χ4n) is 4.85. The van der Waals surface area contributed by atoms with Crippen LogP contribution in [0.2, 0.25) is 0 Å². The summed E-state index contributed by atoms with van der Waals surface area (Å²) in [6.07, 6.45) is 2.70. The molecule has 2 aromatic heterocycles. The van der Waals surface area contributed by atoms with Gasteiger partial charge in [-0.25, -0.2) is 13.6 Å². The first kappa shape index (κ1) is 22.5. The third-order valence-corrected chi connectivity index (χ3v) is 6.54. The van der Waals surface area contributed by atoms with Gasteiger partial charge in [-0.1, -0.05) is 0 Å². The van der Waals surface area contributed by atoms with Crippen LogP contribution in [0.1, 0.15) is 31.2 Å². The van der Waals surface area contributed by atoms with E-state index in [9.17, 15) is 13.6 Å². The molecule has 5 rings (SSSR count). The number of hydrogen-bond acceptors (Lipinski definition) is 5. The van der Waals surface area contributed by atoms with Crippen molar-refractivity contribution in [2.45, 2.75) is 50.8 Å². The number of ether oxygens (including phenoxy) is 2. The Morgan fingerprint density at radius 2 is 1.94 bits per heavy atom. The van der Waals surface area contributed by atoms with E-state index in [0.717, 1.165) is 47.8 Å². The number of amides is 2. The summed E-state index contributed by atoms with van der Waals surface area (Å²) >= 11 is 0. The standard InChI is InChI=1S/C24H27F2N5O3/c1-29-12-16-11-18(6-9-20(16)28-29)30-13-15-3-10-22(34-14-21(25)26)27-23(15)31(24(30)32)17-4-7-19(33-2)8-5-17/h3,6,9-12,17,19,21H,4-5,7-8,13-14H2,1-2H3/t17-,19-. The van der Waals surface area contributed by atoms with Crippen molar-refractivity contribution in [3.8, 4) is 5.88 Å². The molecule has 0 radical (unpaired) electrons. The molecule has 1 aliphatic heterocycles. The number of carbonyl (C=O) groups excluding carboxylic acids is 1. The summed E-state index contributed by atoms with van der Waals surface area (Å²) in [4.78, 5) is 21.8. The van der Waals surface area contributed by atoms with Crippen molar-refractivity contribution in [1.82, 2.24) is 14.8 Å². The van der Waals surface area contributed by atoms with E-state index in [1.807, 2.05) is 31.4 Å². The lowest BCUT2D eigenvalue weighted by Crippen LogP contribution is -2.53. The number of nitrogens with zero attached hydrogens (tertiary/aromatic N) is 5. The fourth-order valence-corrected chi connectivity index (χ4v) is 4.85. The van der Waals surface area contributed by atoms with E-state index in [2.05, 4.69) is 10.1 Å². The first-order chi connectivity index (χ1) is 16.4. The van der Waals surface area contributed by atoms with Crippen LogP contribution in [0.25, 0.3) is 10.9 Å². The second-order valence-electron chi connectivity index (χ2n) is 8.79. The van der Waals surface area contributed by atoms with Crippen LogP contribution in [0.5, 0.6) is 5.88 Å². The molecule has 10 heteroatoms. The van der Waals surface area contributed by atoms with Crippen LogP contribution in [0.15, 0.2) is 36.5 Å². The molecule has 1 aromatic carbocycles. The Balaban J connectivity index is 1.51. The van der Waals surface area contributed by atoms with Crippen molar-refractivity contribution in [2.24, 2.45) is 7.05 Å². The summed E-state index contributed by atoms with van der Waals surface area (Å²) in [5.74, 6) is 0.573. The van der Waals surface area contributed by atoms with Crippen LogP contribution < -0.4 is 14.5 Å². The summed E-state index contributed by atoms with van der Waals surface area (Å²) in [5.41, 5.74) is 2.46. The molecule has 0 unspecified atom stereocenters. The number of methoxy groups -OCH3 is 1. The van der Waals surface area contributed by atoms with Gasteiger partial charge in [-0.05, 0) is 49.9 Å². The van der Waals surface area contributed by atoms with Gasteiger partial charge in [0.1, 0.15) is 5.82 Å². The number of fused-ring (bicyclic) bond motifs is 2. The number of hydrogen-bond donors (Lipinski definition) is 0. The number of pyridine rings is 1. The van der Waals surface area contributed by atoms with Crippen molar-refractivity contribution in [2.75, 3.05) is 23.5 Å². The van der Waals surface area contributed by atoms with Crippen molar-refractivity contribution in [3.05, 3.63) is 42.1 Å². The zero-order chi connectivity index (χ0) is 23.8. The summed E-state index contributed by atoms with van der Waals surface area (Å²) in [6, 6.07) is 8.89. The number of carbonyl (C=O) groups is 1. The quantitative estimate of drug-likeness (QED) is 0.529. The maximum Gasteiger partial charge on any atom is 0.330 e. The summed E-state index contributed by atoms with van der Waals surface area (Å²) in [7, 11) is 3.57. The summed E-state index contributed by atoms with van der Waals surface area (Å²) < 4.78 is 37.7. The minimum atomic E-state index is -2.60. The van der Waals surface area contributed by atoms with Gasteiger partial charge in [-0.3, -0.25) is 14.5 Å². The lowest BCUT2D eigenvalue weighted by atomic mass is 9.91. The predicted molar refractivity (Wildman–Crippen MR) is 124 cm³/mol. The largest absolute Gasteiger partial charge is 0.472 e. The van der Waals surface area contributed by atoms with Crippen LogP contribution >= 0.6 is 0 Å². The second kappa shape index (κ2) is 9.17. The SMILES string of the molecule is CO[C@H]1CC[C@H](N2C(=O)N(c3ccc4nn(C)cc4c3)Cc3ccc(OCC(F)F)nc32)CC1. The third kappa shape index (κ3) is 4.29. The first-order valence-corrected chi connectivity index (χ1v) is 11.4. The summed E-state index contributed by atoms with van der Waals surface area (Å²) in [6.45, 7) is -0.415. The molecule has 0 spiro atoms. The molecule has 0 N–H and O–H groups in total. The minimum absolute atomic E-state index is 0.0691. The number of aryl methyl sites for hydroxylation is 1. The molecule has 8 nitrogen and oxygen atoms in total. The van der Waals surface area contributed by atoms with Gasteiger partial charge in [-0.2, -0.15) is 10.1 Å². The van der Waals surface area contributed by atoms with Crippen LogP contribution in [0.3, 0.4) is 0 Å². The molecule has 34 heavy (non-hydrogen) atoms. The Morgan fingerprint density at radius 3 is 2.68 bits per heavy atom. The lowest BCUT2D eigenvalue weighted by molar-refractivity contribution is 0.0659. The van der Waals surface area contributed by atoms with Crippen LogP contribution in [0.4, 0.5) is 25.1 Å². The van der Waals surface area contributed by atoms with Gasteiger partial charge in [0, 0.05) is 49.1 Å². The maximum absolute atomic E-state index is 13.9. The summed E-state index contributed by atoms with van der Waals surface area (Å²) in [5, 5.41) is 5.36. The Kier molecular flexibility index (Phi) is 6.07. The van der Waals surface area contributed by atoms with E-state index in [1.165, 1.54) is 0 Å². The zero-order valence-electron chi connectivity index (χ0n) is 19.2. The number of benzene rings is 1. The van der Waals surface area contributed by atoms with E-state index in [1.54, 1.807) is 33.7 Å². The molecule has 3 aromatic rings. The average Bonchev–Trinajstić information content (AvgIpc) is 3.21. The lowest BCUT2D eigenvalue weighted by Gasteiger charge is -2.42. The molecule has 180 valence electrons. The zero-order valence-corrected chi connectivity index (χ0v) is 19.2. The molecule has 0 atom stereocenters. The van der Waals surface area contributed by atoms with Gasteiger partial charge in [0.25, 0.3) is 6.43 Å². The van der Waals surface area contributed by atoms with E-state index >= 15 is 0 Å². The molecular weight excluding hydrogens is 444 g/mol. The highest BCUT2D eigenvalue weighted by Gasteiger charge is 2.39. The fraction of sp³-hybridized carbons (Fsp3) is 0.458. The van der Waals surface area contributed by atoms with Crippen LogP contribution in [0, 0.1) is 0 Å². The first-order valence-electron chi connectivity index (χ1n) is 11.4. The van der Waals surface area contributed by atoms with Gasteiger partial charge in [0.2, 0.25) is 5.88 Å². The normalized spacial score (nSPS) is 20.8. The van der Waals surface area contributed by atoms with E-state index in [0.29, 0.717) is 12.4 Å². The number of rotatable bonds is 6. The van der Waals surface area contributed by atoms with Crippen molar-refractivity contribution < 1.29 is 23.0 Å². The highest BCUT2D eigenvalue weighted by atomic mass is 19.3. The van der Waals surface area contributed by atoms with E-state index in [-0.39, 0.29) is 24.1 Å². The van der Waals surface area contributed by atoms with Crippen molar-refractivity contribution in [1.29, 1.82) is 0 Å². The number of aromatic nitrogens is 3. The molecule has 2 amide bonds. The van der Waals surface area contributed by atoms with Gasteiger partial charge >= 0.3 is 6.03 Å². The minimum Gasteiger partial charge on any atom is -0.472 e.